The smallest absolute Gasteiger partial charge is 0.254 e. The Morgan fingerprint density at radius 2 is 2.00 bits per heavy atom. The minimum atomic E-state index is -0.111. The van der Waals surface area contributed by atoms with E-state index in [-0.39, 0.29) is 5.56 Å². The summed E-state index contributed by atoms with van der Waals surface area (Å²) < 4.78 is 0. The topological polar surface area (TPSA) is 58.6 Å². The minimum Gasteiger partial charge on any atom is -0.313 e. The van der Waals surface area contributed by atoms with Crippen LogP contribution < -0.4 is 5.56 Å². The lowest BCUT2D eigenvalue weighted by atomic mass is 10.1. The van der Waals surface area contributed by atoms with E-state index in [4.69, 9.17) is 0 Å². The number of nitrogens with zero attached hydrogens (tertiary/aromatic N) is 2. The molecule has 0 bridgehead atoms. The number of aryl methyl sites for hydroxylation is 1. The van der Waals surface area contributed by atoms with Gasteiger partial charge in [0.1, 0.15) is 0 Å². The van der Waals surface area contributed by atoms with Crippen molar-refractivity contribution in [3.05, 3.63) is 46.3 Å². The number of hydrogen-bond donors (Lipinski definition) is 1. The molecule has 0 spiro atoms. The molecule has 4 nitrogen and oxygen atoms in total. The van der Waals surface area contributed by atoms with Crippen molar-refractivity contribution in [1.82, 2.24) is 15.0 Å². The predicted octanol–water partition coefficient (Wildman–Crippen LogP) is 1.45. The number of pyridine rings is 1. The Hall–Kier alpha value is -1.97. The summed E-state index contributed by atoms with van der Waals surface area (Å²) in [7, 11) is 0. The van der Waals surface area contributed by atoms with E-state index in [2.05, 4.69) is 15.0 Å². The van der Waals surface area contributed by atoms with Crippen molar-refractivity contribution in [2.75, 3.05) is 0 Å². The van der Waals surface area contributed by atoms with Gasteiger partial charge < -0.3 is 4.98 Å². The van der Waals surface area contributed by atoms with Crippen molar-refractivity contribution in [3.8, 4) is 11.3 Å². The van der Waals surface area contributed by atoms with Crippen molar-refractivity contribution < 1.29 is 0 Å². The van der Waals surface area contributed by atoms with E-state index >= 15 is 0 Å². The molecule has 2 rings (SSSR count). The summed E-state index contributed by atoms with van der Waals surface area (Å²) in [4.78, 5) is 22.2. The Morgan fingerprint density at radius 1 is 1.20 bits per heavy atom. The van der Waals surface area contributed by atoms with Crippen LogP contribution in [0.4, 0.5) is 0 Å². The molecular weight excluding hydrogens is 190 g/mol. The van der Waals surface area contributed by atoms with Crippen molar-refractivity contribution >= 4 is 0 Å². The predicted molar refractivity (Wildman–Crippen MR) is 57.6 cm³/mol. The fourth-order valence-electron chi connectivity index (χ4n) is 1.37. The van der Waals surface area contributed by atoms with Gasteiger partial charge in [-0.05, 0) is 26.0 Å². The Morgan fingerprint density at radius 3 is 2.67 bits per heavy atom. The van der Waals surface area contributed by atoms with Crippen LogP contribution in [0.2, 0.25) is 0 Å². The van der Waals surface area contributed by atoms with Gasteiger partial charge in [-0.25, -0.2) is 4.98 Å². The van der Waals surface area contributed by atoms with Crippen LogP contribution >= 0.6 is 0 Å². The third kappa shape index (κ3) is 1.79. The molecule has 0 radical (unpaired) electrons. The van der Waals surface area contributed by atoms with E-state index in [1.54, 1.807) is 13.1 Å². The van der Waals surface area contributed by atoms with E-state index in [0.717, 1.165) is 11.3 Å². The van der Waals surface area contributed by atoms with Gasteiger partial charge in [-0.1, -0.05) is 0 Å². The molecule has 0 aliphatic heterocycles. The highest BCUT2D eigenvalue weighted by atomic mass is 16.1. The first-order chi connectivity index (χ1) is 7.18. The molecule has 0 unspecified atom stereocenters. The average molecular weight is 201 g/mol. The van der Waals surface area contributed by atoms with Gasteiger partial charge in [0.25, 0.3) is 5.56 Å². The molecule has 2 aromatic heterocycles. The molecule has 0 saturated carbocycles. The quantitative estimate of drug-likeness (QED) is 0.759. The monoisotopic (exact) mass is 201 g/mol. The van der Waals surface area contributed by atoms with Crippen LogP contribution in [0.5, 0.6) is 0 Å². The maximum Gasteiger partial charge on any atom is 0.254 e. The maximum absolute atomic E-state index is 11.4. The molecule has 0 saturated heterocycles. The lowest BCUT2D eigenvalue weighted by Crippen LogP contribution is -2.11. The Labute approximate surface area is 87.0 Å². The Balaban J connectivity index is 2.59. The third-order valence-corrected chi connectivity index (χ3v) is 2.27. The van der Waals surface area contributed by atoms with Gasteiger partial charge in [0, 0.05) is 23.0 Å². The van der Waals surface area contributed by atoms with Gasteiger partial charge >= 0.3 is 0 Å². The van der Waals surface area contributed by atoms with Gasteiger partial charge in [-0.3, -0.25) is 9.78 Å². The van der Waals surface area contributed by atoms with Crippen LogP contribution in [-0.2, 0) is 0 Å². The molecule has 1 N–H and O–H groups in total. The SMILES string of the molecule is Cc1ccc(-c2nc[nH]c(=O)c2C)cn1. The van der Waals surface area contributed by atoms with Crippen LogP contribution in [0.1, 0.15) is 11.3 Å². The summed E-state index contributed by atoms with van der Waals surface area (Å²) in [5.41, 5.74) is 3.00. The summed E-state index contributed by atoms with van der Waals surface area (Å²) in [6, 6.07) is 3.81. The van der Waals surface area contributed by atoms with E-state index in [9.17, 15) is 4.79 Å². The first kappa shape index (κ1) is 9.58. The molecule has 0 atom stereocenters. The maximum atomic E-state index is 11.4. The fraction of sp³-hybridized carbons (Fsp3) is 0.182. The number of hydrogen-bond acceptors (Lipinski definition) is 3. The first-order valence-corrected chi connectivity index (χ1v) is 4.66. The molecular formula is C11H11N3O. The van der Waals surface area contributed by atoms with Crippen molar-refractivity contribution in [2.45, 2.75) is 13.8 Å². The second-order valence-electron chi connectivity index (χ2n) is 3.39. The average Bonchev–Trinajstić information content (AvgIpc) is 2.24. The zero-order chi connectivity index (χ0) is 10.8. The highest BCUT2D eigenvalue weighted by Crippen LogP contribution is 2.16. The normalized spacial score (nSPS) is 10.3. The molecule has 0 aliphatic carbocycles. The Kier molecular flexibility index (Phi) is 2.33. The van der Waals surface area contributed by atoms with E-state index in [0.29, 0.717) is 11.3 Å². The first-order valence-electron chi connectivity index (χ1n) is 4.66. The molecule has 0 amide bonds. The summed E-state index contributed by atoms with van der Waals surface area (Å²) in [6.45, 7) is 3.67. The lowest BCUT2D eigenvalue weighted by Gasteiger charge is -2.02. The van der Waals surface area contributed by atoms with Gasteiger partial charge in [-0.15, -0.1) is 0 Å². The lowest BCUT2D eigenvalue weighted by molar-refractivity contribution is 1.08. The van der Waals surface area contributed by atoms with Gasteiger partial charge in [0.2, 0.25) is 0 Å². The second kappa shape index (κ2) is 3.65. The number of aromatic nitrogens is 3. The van der Waals surface area contributed by atoms with Gasteiger partial charge in [0.15, 0.2) is 0 Å². The number of nitrogens with one attached hydrogen (secondary N) is 1. The summed E-state index contributed by atoms with van der Waals surface area (Å²) in [5, 5.41) is 0. The molecule has 2 heterocycles. The van der Waals surface area contributed by atoms with Crippen LogP contribution in [-0.4, -0.2) is 15.0 Å². The number of aromatic amines is 1. The van der Waals surface area contributed by atoms with E-state index in [1.165, 1.54) is 6.33 Å². The highest BCUT2D eigenvalue weighted by molar-refractivity contribution is 5.60. The Bertz CT molecular complexity index is 528. The van der Waals surface area contributed by atoms with Crippen LogP contribution in [0, 0.1) is 13.8 Å². The summed E-state index contributed by atoms with van der Waals surface area (Å²) in [5.74, 6) is 0. The van der Waals surface area contributed by atoms with Crippen molar-refractivity contribution in [3.63, 3.8) is 0 Å². The molecule has 76 valence electrons. The summed E-state index contributed by atoms with van der Waals surface area (Å²) in [6.07, 6.45) is 3.13. The van der Waals surface area contributed by atoms with E-state index < -0.39 is 0 Å². The third-order valence-electron chi connectivity index (χ3n) is 2.27. The molecule has 15 heavy (non-hydrogen) atoms. The number of rotatable bonds is 1. The summed E-state index contributed by atoms with van der Waals surface area (Å²) >= 11 is 0. The molecule has 2 aromatic rings. The molecule has 0 aliphatic rings. The highest BCUT2D eigenvalue weighted by Gasteiger charge is 2.05. The zero-order valence-electron chi connectivity index (χ0n) is 8.61. The second-order valence-corrected chi connectivity index (χ2v) is 3.39. The van der Waals surface area contributed by atoms with Crippen LogP contribution in [0.15, 0.2) is 29.5 Å². The van der Waals surface area contributed by atoms with Crippen LogP contribution in [0.3, 0.4) is 0 Å². The zero-order valence-corrected chi connectivity index (χ0v) is 8.61. The standard InChI is InChI=1S/C11H11N3O/c1-7-3-4-9(5-12-7)10-8(2)11(15)14-6-13-10/h3-6H,1-2H3,(H,13,14,15). The molecule has 4 heteroatoms. The molecule has 0 fully saturated rings. The van der Waals surface area contributed by atoms with Gasteiger partial charge in [-0.2, -0.15) is 0 Å². The van der Waals surface area contributed by atoms with Crippen molar-refractivity contribution in [1.29, 1.82) is 0 Å². The minimum absolute atomic E-state index is 0.111. The van der Waals surface area contributed by atoms with Gasteiger partial charge in [0.05, 0.1) is 12.0 Å². The fourth-order valence-corrected chi connectivity index (χ4v) is 1.37. The molecule has 0 aromatic carbocycles. The van der Waals surface area contributed by atoms with E-state index in [1.807, 2.05) is 19.1 Å². The number of H-pyrrole nitrogens is 1. The van der Waals surface area contributed by atoms with Crippen molar-refractivity contribution in [2.24, 2.45) is 0 Å². The largest absolute Gasteiger partial charge is 0.313 e. The van der Waals surface area contributed by atoms with Crippen LogP contribution in [0.25, 0.3) is 11.3 Å².